The van der Waals surface area contributed by atoms with Gasteiger partial charge in [-0.25, -0.2) is 17.2 Å². The smallest absolute Gasteiger partial charge is 0.175 e. The lowest BCUT2D eigenvalue weighted by Crippen LogP contribution is -2.01. The summed E-state index contributed by atoms with van der Waals surface area (Å²) in [5.41, 5.74) is 0.829. The number of rotatable bonds is 3. The van der Waals surface area contributed by atoms with E-state index in [0.717, 1.165) is 18.4 Å². The molecule has 1 atom stereocenters. The van der Waals surface area contributed by atoms with Crippen molar-refractivity contribution >= 4 is 25.8 Å². The molecule has 0 aliphatic rings. The van der Waals surface area contributed by atoms with Crippen molar-refractivity contribution in [2.75, 3.05) is 6.26 Å². The molecule has 0 heterocycles. The van der Waals surface area contributed by atoms with Crippen LogP contribution < -0.4 is 0 Å². The molecule has 0 N–H and O–H groups in total. The zero-order chi connectivity index (χ0) is 14.9. The van der Waals surface area contributed by atoms with Crippen molar-refractivity contribution in [3.05, 3.63) is 65.2 Å². The van der Waals surface area contributed by atoms with Gasteiger partial charge in [-0.3, -0.25) is 0 Å². The molecule has 106 valence electrons. The van der Waals surface area contributed by atoms with Crippen LogP contribution in [0.5, 0.6) is 0 Å². The summed E-state index contributed by atoms with van der Waals surface area (Å²) in [5.74, 6) is -1.34. The highest BCUT2D eigenvalue weighted by Crippen LogP contribution is 2.33. The largest absolute Gasteiger partial charge is 0.224 e. The molecule has 0 bridgehead atoms. The molecule has 6 heteroatoms. The van der Waals surface area contributed by atoms with Gasteiger partial charge in [-0.05, 0) is 23.8 Å². The van der Waals surface area contributed by atoms with Crippen molar-refractivity contribution in [1.29, 1.82) is 0 Å². The van der Waals surface area contributed by atoms with Crippen LogP contribution in [0.1, 0.15) is 16.0 Å². The Balaban J connectivity index is 2.46. The number of hydrogen-bond acceptors (Lipinski definition) is 2. The van der Waals surface area contributed by atoms with Crippen LogP contribution in [0, 0.1) is 11.6 Å². The summed E-state index contributed by atoms with van der Waals surface area (Å²) in [7, 11) is -3.33. The molecule has 0 aliphatic heterocycles. The van der Waals surface area contributed by atoms with Crippen molar-refractivity contribution in [3.8, 4) is 0 Å². The fourth-order valence-corrected chi connectivity index (χ4v) is 3.12. The quantitative estimate of drug-likeness (QED) is 0.779. The lowest BCUT2D eigenvalue weighted by atomic mass is 10.0. The maximum absolute atomic E-state index is 13.7. The summed E-state index contributed by atoms with van der Waals surface area (Å²) in [4.78, 5) is -0.397. The molecule has 2 aromatic carbocycles. The highest BCUT2D eigenvalue weighted by molar-refractivity contribution is 9.09. The minimum Gasteiger partial charge on any atom is -0.224 e. The molecule has 2 aromatic rings. The van der Waals surface area contributed by atoms with E-state index in [1.54, 1.807) is 12.1 Å². The molecule has 0 aliphatic carbocycles. The Morgan fingerprint density at radius 2 is 1.80 bits per heavy atom. The average molecular weight is 361 g/mol. The Labute approximate surface area is 124 Å². The van der Waals surface area contributed by atoms with Crippen molar-refractivity contribution in [3.63, 3.8) is 0 Å². The summed E-state index contributed by atoms with van der Waals surface area (Å²) >= 11 is 3.31. The standard InChI is InChI=1S/C14H11BrF2O2S/c1-20(18,19)11-4-2-3-9(7-11)14(15)12-6-5-10(16)8-13(12)17/h2-8,14H,1H3. The van der Waals surface area contributed by atoms with Gasteiger partial charge in [-0.2, -0.15) is 0 Å². The van der Waals surface area contributed by atoms with E-state index < -0.39 is 26.3 Å². The minimum atomic E-state index is -3.33. The van der Waals surface area contributed by atoms with Crippen LogP contribution in [0.4, 0.5) is 8.78 Å². The molecule has 0 saturated heterocycles. The van der Waals surface area contributed by atoms with Gasteiger partial charge in [0.1, 0.15) is 11.6 Å². The third-order valence-electron chi connectivity index (χ3n) is 2.81. The van der Waals surface area contributed by atoms with Gasteiger partial charge in [-0.15, -0.1) is 0 Å². The Kier molecular flexibility index (Phi) is 4.25. The van der Waals surface area contributed by atoms with Gasteiger partial charge in [0.2, 0.25) is 0 Å². The van der Waals surface area contributed by atoms with E-state index in [1.165, 1.54) is 18.2 Å². The summed E-state index contributed by atoms with van der Waals surface area (Å²) in [6, 6.07) is 9.49. The molecule has 0 amide bonds. The van der Waals surface area contributed by atoms with Crippen molar-refractivity contribution in [2.45, 2.75) is 9.72 Å². The molecule has 2 rings (SSSR count). The molecule has 0 saturated carbocycles. The second-order valence-corrected chi connectivity index (χ2v) is 7.30. The maximum atomic E-state index is 13.7. The second-order valence-electron chi connectivity index (χ2n) is 4.37. The van der Waals surface area contributed by atoms with Gasteiger partial charge in [0, 0.05) is 17.9 Å². The van der Waals surface area contributed by atoms with Gasteiger partial charge < -0.3 is 0 Å². The molecule has 0 radical (unpaired) electrons. The number of sulfone groups is 1. The highest BCUT2D eigenvalue weighted by atomic mass is 79.9. The van der Waals surface area contributed by atoms with Crippen molar-refractivity contribution < 1.29 is 17.2 Å². The van der Waals surface area contributed by atoms with Crippen LogP contribution in [0.3, 0.4) is 0 Å². The predicted molar refractivity (Wildman–Crippen MR) is 76.7 cm³/mol. The minimum absolute atomic E-state index is 0.155. The Hall–Kier alpha value is -1.27. The second kappa shape index (κ2) is 5.61. The van der Waals surface area contributed by atoms with Gasteiger partial charge in [0.05, 0.1) is 9.72 Å². The maximum Gasteiger partial charge on any atom is 0.175 e. The van der Waals surface area contributed by atoms with Gasteiger partial charge in [0.15, 0.2) is 9.84 Å². The summed E-state index contributed by atoms with van der Waals surface area (Å²) < 4.78 is 49.7. The molecule has 0 fully saturated rings. The van der Waals surface area contributed by atoms with Crippen LogP contribution in [-0.2, 0) is 9.84 Å². The predicted octanol–water partition coefficient (Wildman–Crippen LogP) is 3.85. The van der Waals surface area contributed by atoms with Crippen LogP contribution in [-0.4, -0.2) is 14.7 Å². The van der Waals surface area contributed by atoms with Gasteiger partial charge in [0.25, 0.3) is 0 Å². The first-order chi connectivity index (χ1) is 9.29. The third kappa shape index (κ3) is 3.24. The summed E-state index contributed by atoms with van der Waals surface area (Å²) in [6.45, 7) is 0. The number of benzene rings is 2. The SMILES string of the molecule is CS(=O)(=O)c1cccc(C(Br)c2ccc(F)cc2F)c1. The monoisotopic (exact) mass is 360 g/mol. The first-order valence-electron chi connectivity index (χ1n) is 5.68. The summed E-state index contributed by atoms with van der Waals surface area (Å²) in [5, 5.41) is 0. The summed E-state index contributed by atoms with van der Waals surface area (Å²) in [6.07, 6.45) is 1.10. The normalized spacial score (nSPS) is 13.2. The molecule has 2 nitrogen and oxygen atoms in total. The first-order valence-corrected chi connectivity index (χ1v) is 8.49. The fourth-order valence-electron chi connectivity index (χ4n) is 1.79. The van der Waals surface area contributed by atoms with E-state index in [0.29, 0.717) is 5.56 Å². The van der Waals surface area contributed by atoms with Crippen LogP contribution in [0.15, 0.2) is 47.4 Å². The zero-order valence-electron chi connectivity index (χ0n) is 10.5. The van der Waals surface area contributed by atoms with E-state index in [-0.39, 0.29) is 10.5 Å². The van der Waals surface area contributed by atoms with E-state index in [1.807, 2.05) is 0 Å². The number of hydrogen-bond donors (Lipinski definition) is 0. The highest BCUT2D eigenvalue weighted by Gasteiger charge is 2.17. The Morgan fingerprint density at radius 3 is 2.40 bits per heavy atom. The van der Waals surface area contributed by atoms with Crippen molar-refractivity contribution in [2.24, 2.45) is 0 Å². The van der Waals surface area contributed by atoms with Gasteiger partial charge in [-0.1, -0.05) is 34.1 Å². The zero-order valence-corrected chi connectivity index (χ0v) is 12.9. The Bertz CT molecular complexity index is 745. The van der Waals surface area contributed by atoms with E-state index >= 15 is 0 Å². The van der Waals surface area contributed by atoms with Crippen LogP contribution in [0.25, 0.3) is 0 Å². The Morgan fingerprint density at radius 1 is 1.10 bits per heavy atom. The molecular formula is C14H11BrF2O2S. The fraction of sp³-hybridized carbons (Fsp3) is 0.143. The third-order valence-corrected chi connectivity index (χ3v) is 4.95. The van der Waals surface area contributed by atoms with Crippen LogP contribution in [0.2, 0.25) is 0 Å². The molecule has 0 aromatic heterocycles. The van der Waals surface area contributed by atoms with E-state index in [9.17, 15) is 17.2 Å². The average Bonchev–Trinajstić information content (AvgIpc) is 2.37. The molecular weight excluding hydrogens is 350 g/mol. The van der Waals surface area contributed by atoms with Crippen LogP contribution >= 0.6 is 15.9 Å². The van der Waals surface area contributed by atoms with E-state index in [2.05, 4.69) is 15.9 Å². The number of halogens is 3. The lowest BCUT2D eigenvalue weighted by molar-refractivity contribution is 0.574. The van der Waals surface area contributed by atoms with Crippen molar-refractivity contribution in [1.82, 2.24) is 0 Å². The molecule has 0 spiro atoms. The number of alkyl halides is 1. The topological polar surface area (TPSA) is 34.1 Å². The molecule has 20 heavy (non-hydrogen) atoms. The van der Waals surface area contributed by atoms with E-state index in [4.69, 9.17) is 0 Å². The lowest BCUT2D eigenvalue weighted by Gasteiger charge is -2.12. The molecule has 1 unspecified atom stereocenters. The first kappa shape index (κ1) is 15.1. The van der Waals surface area contributed by atoms with Gasteiger partial charge >= 0.3 is 0 Å².